The van der Waals surface area contributed by atoms with E-state index in [1.54, 1.807) is 11.3 Å². The Labute approximate surface area is 159 Å². The summed E-state index contributed by atoms with van der Waals surface area (Å²) in [5.74, 6) is 0.245. The summed E-state index contributed by atoms with van der Waals surface area (Å²) in [7, 11) is 0. The number of Topliss-reactive ketones (excluding diaryl/α,β-unsaturated/α-hetero) is 1. The summed E-state index contributed by atoms with van der Waals surface area (Å²) in [5.41, 5.74) is 3.48. The van der Waals surface area contributed by atoms with Crippen molar-refractivity contribution in [1.29, 1.82) is 0 Å². The molecule has 1 saturated carbocycles. The molecule has 1 amide bonds. The van der Waals surface area contributed by atoms with E-state index >= 15 is 0 Å². The van der Waals surface area contributed by atoms with Gasteiger partial charge in [-0.1, -0.05) is 24.3 Å². The van der Waals surface area contributed by atoms with Crippen LogP contribution in [0.15, 0.2) is 30.3 Å². The highest BCUT2D eigenvalue weighted by Gasteiger charge is 2.40. The number of amides is 1. The van der Waals surface area contributed by atoms with Gasteiger partial charge in [0.05, 0.1) is 6.04 Å². The molecule has 1 unspecified atom stereocenters. The second-order valence-corrected chi connectivity index (χ2v) is 9.00. The van der Waals surface area contributed by atoms with Gasteiger partial charge in [-0.3, -0.25) is 9.59 Å². The van der Waals surface area contributed by atoms with Gasteiger partial charge < -0.3 is 4.90 Å². The van der Waals surface area contributed by atoms with Crippen LogP contribution in [0.25, 0.3) is 0 Å². The van der Waals surface area contributed by atoms with Crippen LogP contribution in [-0.4, -0.2) is 22.6 Å². The van der Waals surface area contributed by atoms with Crippen molar-refractivity contribution in [2.45, 2.75) is 64.5 Å². The molecular weight excluding hydrogens is 342 g/mol. The van der Waals surface area contributed by atoms with E-state index in [1.807, 2.05) is 19.9 Å². The Kier molecular flexibility index (Phi) is 4.70. The maximum Gasteiger partial charge on any atom is 0.223 e. The first-order valence-electron chi connectivity index (χ1n) is 9.54. The smallest absolute Gasteiger partial charge is 0.223 e. The molecule has 0 bridgehead atoms. The Morgan fingerprint density at radius 3 is 2.58 bits per heavy atom. The maximum absolute atomic E-state index is 13.0. The molecule has 136 valence electrons. The van der Waals surface area contributed by atoms with Crippen LogP contribution in [0.5, 0.6) is 0 Å². The highest BCUT2D eigenvalue weighted by Crippen LogP contribution is 2.42. The zero-order chi connectivity index (χ0) is 18.3. The Hall–Kier alpha value is -1.94. The molecule has 26 heavy (non-hydrogen) atoms. The molecule has 4 heteroatoms. The molecule has 1 atom stereocenters. The molecule has 0 spiro atoms. The van der Waals surface area contributed by atoms with Gasteiger partial charge in [0.25, 0.3) is 0 Å². The molecule has 1 heterocycles. The number of benzene rings is 1. The number of thiophene rings is 1. The van der Waals surface area contributed by atoms with Crippen molar-refractivity contribution in [3.05, 3.63) is 56.8 Å². The number of carbonyl (C=O) groups is 2. The van der Waals surface area contributed by atoms with Gasteiger partial charge in [-0.15, -0.1) is 11.3 Å². The number of hydrogen-bond donors (Lipinski definition) is 0. The topological polar surface area (TPSA) is 37.4 Å². The van der Waals surface area contributed by atoms with E-state index < -0.39 is 0 Å². The molecule has 1 fully saturated rings. The SMILES string of the molecule is Cc1cc(C(=O)CCC(=O)N(C2CC2)C2CCc3ccccc32)c(C)s1. The molecule has 1 aromatic heterocycles. The van der Waals surface area contributed by atoms with Crippen molar-refractivity contribution in [2.24, 2.45) is 0 Å². The largest absolute Gasteiger partial charge is 0.333 e. The van der Waals surface area contributed by atoms with E-state index in [1.165, 1.54) is 11.1 Å². The predicted octanol–water partition coefficient (Wildman–Crippen LogP) is 5.01. The minimum absolute atomic E-state index is 0.0998. The maximum atomic E-state index is 13.0. The third-order valence-electron chi connectivity index (χ3n) is 5.57. The third-order valence-corrected chi connectivity index (χ3v) is 6.54. The molecule has 3 nitrogen and oxygen atoms in total. The lowest BCUT2D eigenvalue weighted by atomic mass is 10.0. The summed E-state index contributed by atoms with van der Waals surface area (Å²) in [4.78, 5) is 29.9. The number of aryl methyl sites for hydroxylation is 3. The molecule has 1 aromatic carbocycles. The van der Waals surface area contributed by atoms with Crippen molar-refractivity contribution in [3.8, 4) is 0 Å². The van der Waals surface area contributed by atoms with E-state index in [9.17, 15) is 9.59 Å². The summed E-state index contributed by atoms with van der Waals surface area (Å²) in [6.45, 7) is 4.00. The van der Waals surface area contributed by atoms with Crippen LogP contribution in [0.1, 0.15) is 69.4 Å². The number of rotatable bonds is 6. The average Bonchev–Trinajstić information content (AvgIpc) is 3.28. The van der Waals surface area contributed by atoms with E-state index in [0.717, 1.165) is 41.0 Å². The van der Waals surface area contributed by atoms with Crippen molar-refractivity contribution in [1.82, 2.24) is 4.90 Å². The van der Waals surface area contributed by atoms with Gasteiger partial charge in [0.2, 0.25) is 5.91 Å². The zero-order valence-electron chi connectivity index (χ0n) is 15.5. The lowest BCUT2D eigenvalue weighted by Crippen LogP contribution is -2.36. The van der Waals surface area contributed by atoms with Gasteiger partial charge in [-0.25, -0.2) is 0 Å². The van der Waals surface area contributed by atoms with Crippen LogP contribution in [0, 0.1) is 13.8 Å². The lowest BCUT2D eigenvalue weighted by molar-refractivity contribution is -0.134. The van der Waals surface area contributed by atoms with Gasteiger partial charge in [0.15, 0.2) is 5.78 Å². The molecule has 0 saturated heterocycles. The molecule has 0 N–H and O–H groups in total. The first kappa shape index (κ1) is 17.5. The van der Waals surface area contributed by atoms with Gasteiger partial charge in [-0.05, 0) is 56.7 Å². The van der Waals surface area contributed by atoms with E-state index in [0.29, 0.717) is 18.9 Å². The third kappa shape index (κ3) is 3.35. The van der Waals surface area contributed by atoms with Crippen molar-refractivity contribution >= 4 is 23.0 Å². The van der Waals surface area contributed by atoms with Crippen molar-refractivity contribution in [3.63, 3.8) is 0 Å². The van der Waals surface area contributed by atoms with Crippen LogP contribution in [0.2, 0.25) is 0 Å². The first-order chi connectivity index (χ1) is 12.5. The van der Waals surface area contributed by atoms with Gasteiger partial charge >= 0.3 is 0 Å². The zero-order valence-corrected chi connectivity index (χ0v) is 16.3. The monoisotopic (exact) mass is 367 g/mol. The highest BCUT2D eigenvalue weighted by atomic mass is 32.1. The Morgan fingerprint density at radius 2 is 1.88 bits per heavy atom. The van der Waals surface area contributed by atoms with Gasteiger partial charge in [0, 0.05) is 34.2 Å². The summed E-state index contributed by atoms with van der Waals surface area (Å²) in [5, 5.41) is 0. The van der Waals surface area contributed by atoms with Gasteiger partial charge in [0.1, 0.15) is 0 Å². The lowest BCUT2D eigenvalue weighted by Gasteiger charge is -2.30. The molecule has 4 rings (SSSR count). The Morgan fingerprint density at radius 1 is 1.12 bits per heavy atom. The van der Waals surface area contributed by atoms with Crippen LogP contribution in [0.3, 0.4) is 0 Å². The summed E-state index contributed by atoms with van der Waals surface area (Å²) in [6.07, 6.45) is 4.89. The van der Waals surface area contributed by atoms with Gasteiger partial charge in [-0.2, -0.15) is 0 Å². The number of carbonyl (C=O) groups excluding carboxylic acids is 2. The molecule has 2 aliphatic carbocycles. The average molecular weight is 368 g/mol. The summed E-state index contributed by atoms with van der Waals surface area (Å²) in [6, 6.07) is 11.0. The minimum atomic E-state index is 0.0998. The van der Waals surface area contributed by atoms with E-state index in [4.69, 9.17) is 0 Å². The predicted molar refractivity (Wildman–Crippen MR) is 105 cm³/mol. The molecule has 0 aliphatic heterocycles. The fraction of sp³-hybridized carbons (Fsp3) is 0.455. The van der Waals surface area contributed by atoms with Crippen LogP contribution in [-0.2, 0) is 11.2 Å². The fourth-order valence-electron chi connectivity index (χ4n) is 4.20. The number of nitrogens with zero attached hydrogens (tertiary/aromatic N) is 1. The standard InChI is InChI=1S/C22H25NO2S/c1-14-13-19(15(2)26-14)21(24)11-12-22(25)23(17-8-9-17)20-10-7-16-5-3-4-6-18(16)20/h3-6,13,17,20H,7-12H2,1-2H3. The molecule has 0 radical (unpaired) electrons. The normalized spacial score (nSPS) is 18.6. The minimum Gasteiger partial charge on any atom is -0.333 e. The molecule has 2 aliphatic rings. The van der Waals surface area contributed by atoms with Crippen LogP contribution >= 0.6 is 11.3 Å². The summed E-state index contributed by atoms with van der Waals surface area (Å²) < 4.78 is 0. The number of ketones is 1. The highest BCUT2D eigenvalue weighted by molar-refractivity contribution is 7.12. The quantitative estimate of drug-likeness (QED) is 0.673. The fourth-order valence-corrected chi connectivity index (χ4v) is 5.14. The second kappa shape index (κ2) is 6.99. The van der Waals surface area contributed by atoms with Crippen LogP contribution in [0.4, 0.5) is 0 Å². The van der Waals surface area contributed by atoms with Crippen molar-refractivity contribution < 1.29 is 9.59 Å². The Balaban J connectivity index is 1.46. The summed E-state index contributed by atoms with van der Waals surface area (Å²) >= 11 is 1.65. The van der Waals surface area contributed by atoms with E-state index in [2.05, 4.69) is 29.2 Å². The van der Waals surface area contributed by atoms with Crippen LogP contribution < -0.4 is 0 Å². The Bertz CT molecular complexity index is 850. The number of fused-ring (bicyclic) bond motifs is 1. The molecular formula is C22H25NO2S. The van der Waals surface area contributed by atoms with Crippen molar-refractivity contribution in [2.75, 3.05) is 0 Å². The van der Waals surface area contributed by atoms with E-state index in [-0.39, 0.29) is 17.7 Å². The second-order valence-electron chi connectivity index (χ2n) is 7.54. The first-order valence-corrected chi connectivity index (χ1v) is 10.4. The number of hydrogen-bond acceptors (Lipinski definition) is 3. The molecule has 2 aromatic rings.